The Morgan fingerprint density at radius 3 is 2.56 bits per heavy atom. The number of rotatable bonds is 5. The van der Waals surface area contributed by atoms with E-state index in [1.807, 2.05) is 11.7 Å². The smallest absolute Gasteiger partial charge is 0.150 e. The maximum absolute atomic E-state index is 6.31. The third-order valence-electron chi connectivity index (χ3n) is 3.99. The fourth-order valence-corrected chi connectivity index (χ4v) is 3.14. The molecule has 0 radical (unpaired) electrons. The normalized spacial score (nSPS) is 16.4. The Morgan fingerprint density at radius 2 is 2.00 bits per heavy atom. The molecule has 1 saturated carbocycles. The molecule has 0 atom stereocenters. The number of nitrogens with two attached hydrogens (primary N) is 1. The summed E-state index contributed by atoms with van der Waals surface area (Å²) in [5.41, 5.74) is 8.27. The highest BCUT2D eigenvalue weighted by Gasteiger charge is 2.26. The molecule has 1 aromatic rings. The Bertz CT molecular complexity index is 391. The highest BCUT2D eigenvalue weighted by atomic mass is 15.4. The van der Waals surface area contributed by atoms with Crippen LogP contribution in [-0.4, -0.2) is 22.4 Å². The van der Waals surface area contributed by atoms with Crippen LogP contribution in [0.2, 0.25) is 0 Å². The van der Waals surface area contributed by atoms with Crippen molar-refractivity contribution in [1.82, 2.24) is 9.78 Å². The van der Waals surface area contributed by atoms with Crippen molar-refractivity contribution >= 4 is 11.5 Å². The number of nitrogens with zero attached hydrogens (tertiary/aromatic N) is 3. The standard InChI is InChI=1S/C14H26N4/c1-4-8-12-13(15)14(17(3)16-12)18(5-2)11-9-6-7-10-11/h11H,4-10,15H2,1-3H3. The summed E-state index contributed by atoms with van der Waals surface area (Å²) in [5, 5.41) is 4.59. The molecule has 0 spiro atoms. The summed E-state index contributed by atoms with van der Waals surface area (Å²) in [6.07, 6.45) is 7.35. The predicted octanol–water partition coefficient (Wildman–Crippen LogP) is 2.72. The lowest BCUT2D eigenvalue weighted by molar-refractivity contribution is 0.591. The summed E-state index contributed by atoms with van der Waals surface area (Å²) in [6, 6.07) is 0.655. The lowest BCUT2D eigenvalue weighted by Crippen LogP contribution is -2.35. The Morgan fingerprint density at radius 1 is 1.33 bits per heavy atom. The predicted molar refractivity (Wildman–Crippen MR) is 76.9 cm³/mol. The van der Waals surface area contributed by atoms with Gasteiger partial charge in [-0.1, -0.05) is 26.2 Å². The van der Waals surface area contributed by atoms with Crippen molar-refractivity contribution in [2.45, 2.75) is 58.4 Å². The fourth-order valence-electron chi connectivity index (χ4n) is 3.14. The Labute approximate surface area is 110 Å². The molecule has 1 fully saturated rings. The van der Waals surface area contributed by atoms with E-state index in [0.717, 1.165) is 36.6 Å². The first-order chi connectivity index (χ1) is 8.69. The number of hydrogen-bond donors (Lipinski definition) is 1. The molecule has 0 amide bonds. The van der Waals surface area contributed by atoms with Gasteiger partial charge in [-0.15, -0.1) is 0 Å². The number of aromatic nitrogens is 2. The van der Waals surface area contributed by atoms with E-state index >= 15 is 0 Å². The van der Waals surface area contributed by atoms with E-state index in [9.17, 15) is 0 Å². The molecule has 1 aliphatic carbocycles. The molecule has 2 rings (SSSR count). The number of hydrogen-bond acceptors (Lipinski definition) is 3. The minimum Gasteiger partial charge on any atom is -0.394 e. The summed E-state index contributed by atoms with van der Waals surface area (Å²) in [6.45, 7) is 5.40. The van der Waals surface area contributed by atoms with Crippen molar-refractivity contribution in [3.8, 4) is 0 Å². The third kappa shape index (κ3) is 2.33. The zero-order chi connectivity index (χ0) is 13.1. The molecule has 2 N–H and O–H groups in total. The van der Waals surface area contributed by atoms with Crippen molar-refractivity contribution in [3.05, 3.63) is 5.69 Å². The molecule has 1 aromatic heterocycles. The van der Waals surface area contributed by atoms with Crippen molar-refractivity contribution in [3.63, 3.8) is 0 Å². The SMILES string of the molecule is CCCc1nn(C)c(N(CC)C2CCCC2)c1N. The second-order valence-corrected chi connectivity index (χ2v) is 5.28. The second kappa shape index (κ2) is 5.63. The van der Waals surface area contributed by atoms with Crippen LogP contribution in [0.5, 0.6) is 0 Å². The highest BCUT2D eigenvalue weighted by Crippen LogP contribution is 2.33. The van der Waals surface area contributed by atoms with Crippen molar-refractivity contribution in [2.24, 2.45) is 7.05 Å². The number of aryl methyl sites for hydroxylation is 2. The van der Waals surface area contributed by atoms with Crippen molar-refractivity contribution in [1.29, 1.82) is 0 Å². The van der Waals surface area contributed by atoms with Gasteiger partial charge in [0.05, 0.1) is 11.4 Å². The van der Waals surface area contributed by atoms with Crippen LogP contribution >= 0.6 is 0 Å². The van der Waals surface area contributed by atoms with Gasteiger partial charge in [-0.05, 0) is 26.2 Å². The summed E-state index contributed by atoms with van der Waals surface area (Å²) in [7, 11) is 2.02. The van der Waals surface area contributed by atoms with Gasteiger partial charge in [-0.25, -0.2) is 0 Å². The molecule has 0 bridgehead atoms. The van der Waals surface area contributed by atoms with Crippen LogP contribution in [-0.2, 0) is 13.5 Å². The van der Waals surface area contributed by atoms with Crippen LogP contribution in [0.1, 0.15) is 51.6 Å². The Balaban J connectivity index is 2.29. The molecule has 0 saturated heterocycles. The average molecular weight is 250 g/mol. The fraction of sp³-hybridized carbons (Fsp3) is 0.786. The summed E-state index contributed by atoms with van der Waals surface area (Å²) < 4.78 is 1.97. The van der Waals surface area contributed by atoms with Gasteiger partial charge in [0, 0.05) is 19.6 Å². The maximum atomic E-state index is 6.31. The van der Waals surface area contributed by atoms with Crippen LogP contribution in [0.15, 0.2) is 0 Å². The monoisotopic (exact) mass is 250 g/mol. The second-order valence-electron chi connectivity index (χ2n) is 5.28. The average Bonchev–Trinajstić information content (AvgIpc) is 2.95. The minimum absolute atomic E-state index is 0.655. The van der Waals surface area contributed by atoms with E-state index in [-0.39, 0.29) is 0 Å². The van der Waals surface area contributed by atoms with E-state index in [0.29, 0.717) is 6.04 Å². The van der Waals surface area contributed by atoms with Gasteiger partial charge in [0.2, 0.25) is 0 Å². The molecule has 102 valence electrons. The lowest BCUT2D eigenvalue weighted by atomic mass is 10.2. The first kappa shape index (κ1) is 13.2. The summed E-state index contributed by atoms with van der Waals surface area (Å²) >= 11 is 0. The summed E-state index contributed by atoms with van der Waals surface area (Å²) in [5.74, 6) is 1.13. The largest absolute Gasteiger partial charge is 0.394 e. The van der Waals surface area contributed by atoms with Gasteiger partial charge in [0.15, 0.2) is 5.82 Å². The molecule has 4 nitrogen and oxygen atoms in total. The molecule has 0 aliphatic heterocycles. The molecule has 1 aliphatic rings. The van der Waals surface area contributed by atoms with Gasteiger partial charge in [0.25, 0.3) is 0 Å². The molecule has 1 heterocycles. The van der Waals surface area contributed by atoms with Gasteiger partial charge < -0.3 is 10.6 Å². The molecule has 0 aromatic carbocycles. The lowest BCUT2D eigenvalue weighted by Gasteiger charge is -2.30. The van der Waals surface area contributed by atoms with E-state index in [2.05, 4.69) is 23.8 Å². The van der Waals surface area contributed by atoms with Crippen LogP contribution < -0.4 is 10.6 Å². The van der Waals surface area contributed by atoms with E-state index in [1.54, 1.807) is 0 Å². The molecule has 0 unspecified atom stereocenters. The molecular weight excluding hydrogens is 224 g/mol. The third-order valence-corrected chi connectivity index (χ3v) is 3.99. The number of nitrogen functional groups attached to an aromatic ring is 1. The summed E-state index contributed by atoms with van der Waals surface area (Å²) in [4.78, 5) is 2.45. The van der Waals surface area contributed by atoms with E-state index < -0.39 is 0 Å². The topological polar surface area (TPSA) is 47.1 Å². The Kier molecular flexibility index (Phi) is 4.15. The molecule has 4 heteroatoms. The van der Waals surface area contributed by atoms with Crippen molar-refractivity contribution in [2.75, 3.05) is 17.2 Å². The maximum Gasteiger partial charge on any atom is 0.150 e. The zero-order valence-electron chi connectivity index (χ0n) is 11.9. The van der Waals surface area contributed by atoms with E-state index in [1.165, 1.54) is 25.7 Å². The first-order valence-corrected chi connectivity index (χ1v) is 7.27. The van der Waals surface area contributed by atoms with Crippen molar-refractivity contribution < 1.29 is 0 Å². The Hall–Kier alpha value is -1.19. The molecular formula is C14H26N4. The van der Waals surface area contributed by atoms with Gasteiger partial charge in [-0.2, -0.15) is 5.10 Å². The molecule has 18 heavy (non-hydrogen) atoms. The van der Waals surface area contributed by atoms with Crippen LogP contribution in [0.4, 0.5) is 11.5 Å². The van der Waals surface area contributed by atoms with E-state index in [4.69, 9.17) is 5.73 Å². The van der Waals surface area contributed by atoms with Gasteiger partial charge in [-0.3, -0.25) is 4.68 Å². The quantitative estimate of drug-likeness (QED) is 0.874. The van der Waals surface area contributed by atoms with Gasteiger partial charge in [0.1, 0.15) is 0 Å². The highest BCUT2D eigenvalue weighted by molar-refractivity contribution is 5.67. The van der Waals surface area contributed by atoms with Crippen LogP contribution in [0.3, 0.4) is 0 Å². The minimum atomic E-state index is 0.655. The van der Waals surface area contributed by atoms with Crippen LogP contribution in [0, 0.1) is 0 Å². The number of anilines is 2. The van der Waals surface area contributed by atoms with Gasteiger partial charge >= 0.3 is 0 Å². The van der Waals surface area contributed by atoms with Crippen LogP contribution in [0.25, 0.3) is 0 Å². The first-order valence-electron chi connectivity index (χ1n) is 7.27. The zero-order valence-corrected chi connectivity index (χ0v) is 11.9.